The molecule has 27 heavy (non-hydrogen) atoms. The summed E-state index contributed by atoms with van der Waals surface area (Å²) >= 11 is 1.23. The quantitative estimate of drug-likeness (QED) is 0.519. The number of carbonyl (C=O) groups excluding carboxylic acids is 1. The van der Waals surface area contributed by atoms with Crippen LogP contribution in [0.15, 0.2) is 15.4 Å². The summed E-state index contributed by atoms with van der Waals surface area (Å²) in [6.45, 7) is 6.81. The maximum atomic E-state index is 12.8. The molecular formula is C19H23N4O3S+. The Balaban J connectivity index is 1.80. The van der Waals surface area contributed by atoms with Crippen molar-refractivity contribution in [3.8, 4) is 0 Å². The van der Waals surface area contributed by atoms with Crippen LogP contribution < -0.4 is 16.0 Å². The van der Waals surface area contributed by atoms with Crippen molar-refractivity contribution < 1.29 is 14.0 Å². The molecule has 1 atom stereocenters. The van der Waals surface area contributed by atoms with Gasteiger partial charge in [-0.2, -0.15) is 0 Å². The van der Waals surface area contributed by atoms with Gasteiger partial charge in [-0.15, -0.1) is 11.3 Å². The van der Waals surface area contributed by atoms with Crippen LogP contribution >= 0.6 is 11.3 Å². The Morgan fingerprint density at radius 3 is 2.81 bits per heavy atom. The monoisotopic (exact) mass is 387 g/mol. The molecule has 0 fully saturated rings. The molecule has 0 spiro atoms. The summed E-state index contributed by atoms with van der Waals surface area (Å²) in [7, 11) is 1.55. The van der Waals surface area contributed by atoms with Crippen LogP contribution in [-0.2, 0) is 19.9 Å². The number of ketones is 1. The number of nitrogens with zero attached hydrogens (tertiary/aromatic N) is 2. The molecule has 7 nitrogen and oxygen atoms in total. The van der Waals surface area contributed by atoms with Crippen molar-refractivity contribution in [2.24, 2.45) is 18.4 Å². The third-order valence-electron chi connectivity index (χ3n) is 5.54. The van der Waals surface area contributed by atoms with E-state index < -0.39 is 11.4 Å². The van der Waals surface area contributed by atoms with Crippen LogP contribution in [0, 0.1) is 11.3 Å². The fourth-order valence-electron chi connectivity index (χ4n) is 3.79. The van der Waals surface area contributed by atoms with Gasteiger partial charge in [-0.05, 0) is 47.5 Å². The fraction of sp³-hybridized carbons (Fsp3) is 0.474. The number of fused-ring (bicyclic) bond motifs is 2. The smallest absolute Gasteiger partial charge is 0.397 e. The van der Waals surface area contributed by atoms with Gasteiger partial charge >= 0.3 is 11.3 Å². The highest BCUT2D eigenvalue weighted by Crippen LogP contribution is 2.40. The molecule has 3 aromatic heterocycles. The Bertz CT molecular complexity index is 1120. The van der Waals surface area contributed by atoms with E-state index in [9.17, 15) is 9.59 Å². The van der Waals surface area contributed by atoms with Gasteiger partial charge in [0.1, 0.15) is 9.71 Å². The van der Waals surface area contributed by atoms with E-state index in [0.29, 0.717) is 16.5 Å². The van der Waals surface area contributed by atoms with Crippen molar-refractivity contribution in [2.75, 3.05) is 5.73 Å². The normalized spacial score (nSPS) is 17.3. The molecule has 0 bridgehead atoms. The number of carbonyl (C=O) groups is 1. The molecule has 0 aliphatic heterocycles. The van der Waals surface area contributed by atoms with E-state index in [1.807, 2.05) is 0 Å². The lowest BCUT2D eigenvalue weighted by Crippen LogP contribution is -2.39. The second kappa shape index (κ2) is 6.02. The number of aromatic nitrogens is 3. The predicted octanol–water partition coefficient (Wildman–Crippen LogP) is 2.37. The van der Waals surface area contributed by atoms with Crippen molar-refractivity contribution in [3.05, 3.63) is 38.3 Å². The van der Waals surface area contributed by atoms with Gasteiger partial charge in [-0.1, -0.05) is 25.5 Å². The molecule has 0 aromatic carbocycles. The first-order valence-corrected chi connectivity index (χ1v) is 9.81. The number of H-pyrrole nitrogens is 1. The van der Waals surface area contributed by atoms with Crippen molar-refractivity contribution >= 4 is 33.0 Å². The average molecular weight is 387 g/mol. The van der Waals surface area contributed by atoms with Gasteiger partial charge in [0.25, 0.3) is 5.78 Å². The highest BCUT2D eigenvalue weighted by molar-refractivity contribution is 7.21. The molecule has 1 aliphatic rings. The van der Waals surface area contributed by atoms with E-state index in [-0.39, 0.29) is 11.1 Å². The van der Waals surface area contributed by atoms with Crippen molar-refractivity contribution in [1.82, 2.24) is 10.3 Å². The maximum Gasteiger partial charge on any atom is 0.438 e. The molecule has 4 rings (SSSR count). The summed E-state index contributed by atoms with van der Waals surface area (Å²) in [6, 6.07) is 2.08. The Labute approximate surface area is 160 Å². The molecule has 3 N–H and O–H groups in total. The number of anilines is 1. The van der Waals surface area contributed by atoms with E-state index >= 15 is 0 Å². The van der Waals surface area contributed by atoms with E-state index in [0.717, 1.165) is 35.2 Å². The lowest BCUT2D eigenvalue weighted by Gasteiger charge is -2.34. The molecule has 142 valence electrons. The zero-order chi connectivity index (χ0) is 19.5. The summed E-state index contributed by atoms with van der Waals surface area (Å²) in [5.74, 6) is 0.146. The lowest BCUT2D eigenvalue weighted by molar-refractivity contribution is -0.741. The Morgan fingerprint density at radius 1 is 1.44 bits per heavy atom. The lowest BCUT2D eigenvalue weighted by atomic mass is 9.71. The van der Waals surface area contributed by atoms with Crippen LogP contribution in [0.25, 0.3) is 10.2 Å². The largest absolute Gasteiger partial charge is 0.438 e. The summed E-state index contributed by atoms with van der Waals surface area (Å²) in [4.78, 5) is 30.5. The number of aryl methyl sites for hydroxylation is 2. The second-order valence-corrected chi connectivity index (χ2v) is 9.31. The molecule has 8 heteroatoms. The molecule has 3 aromatic rings. The molecule has 0 saturated heterocycles. The summed E-state index contributed by atoms with van der Waals surface area (Å²) in [5.41, 5.74) is 8.44. The van der Waals surface area contributed by atoms with Gasteiger partial charge in [-0.25, -0.2) is 9.78 Å². The minimum atomic E-state index is -0.709. The Hall–Kier alpha value is -2.48. The molecule has 3 heterocycles. The van der Waals surface area contributed by atoms with Crippen LogP contribution in [0.2, 0.25) is 0 Å². The summed E-state index contributed by atoms with van der Waals surface area (Å²) in [6.07, 6.45) is 3.02. The SMILES string of the molecule is C[n+]1[nH]oc(=O)c1C(=O)c1sc2nc3c(cc2c1N)CC(C(C)(C)C)CC3. The van der Waals surface area contributed by atoms with Gasteiger partial charge < -0.3 is 5.73 Å². The van der Waals surface area contributed by atoms with E-state index in [2.05, 4.69) is 36.6 Å². The first-order chi connectivity index (χ1) is 12.7. The molecule has 0 amide bonds. The molecular weight excluding hydrogens is 364 g/mol. The number of nitrogens with one attached hydrogen (secondary N) is 1. The number of nitrogens with two attached hydrogens (primary N) is 1. The van der Waals surface area contributed by atoms with E-state index in [1.54, 1.807) is 7.05 Å². The van der Waals surface area contributed by atoms with Crippen LogP contribution in [0.1, 0.15) is 53.8 Å². The van der Waals surface area contributed by atoms with Crippen molar-refractivity contribution in [2.45, 2.75) is 40.0 Å². The number of thiophene rings is 1. The topological polar surface area (TPSA) is 106 Å². The molecule has 0 saturated carbocycles. The third kappa shape index (κ3) is 2.88. The van der Waals surface area contributed by atoms with E-state index in [1.165, 1.54) is 21.6 Å². The number of pyridine rings is 1. The van der Waals surface area contributed by atoms with Gasteiger partial charge in [0.05, 0.1) is 5.69 Å². The van der Waals surface area contributed by atoms with Gasteiger partial charge in [0.2, 0.25) is 0 Å². The van der Waals surface area contributed by atoms with Gasteiger partial charge in [0.15, 0.2) is 7.05 Å². The van der Waals surface area contributed by atoms with Crippen LogP contribution in [0.4, 0.5) is 5.69 Å². The first kappa shape index (κ1) is 17.9. The van der Waals surface area contributed by atoms with Crippen LogP contribution in [0.5, 0.6) is 0 Å². The number of hydrogen-bond donors (Lipinski definition) is 2. The van der Waals surface area contributed by atoms with E-state index in [4.69, 9.17) is 10.7 Å². The number of aromatic amines is 1. The average Bonchev–Trinajstić information content (AvgIpc) is 3.11. The van der Waals surface area contributed by atoms with Crippen LogP contribution in [0.3, 0.4) is 0 Å². The zero-order valence-electron chi connectivity index (χ0n) is 15.9. The van der Waals surface area contributed by atoms with Gasteiger partial charge in [-0.3, -0.25) is 9.32 Å². The van der Waals surface area contributed by atoms with Gasteiger partial charge in [0, 0.05) is 11.1 Å². The minimum absolute atomic E-state index is 0.0779. The Kier molecular flexibility index (Phi) is 3.99. The van der Waals surface area contributed by atoms with Crippen LogP contribution in [-0.4, -0.2) is 16.0 Å². The number of rotatable bonds is 2. The zero-order valence-corrected chi connectivity index (χ0v) is 16.7. The summed E-state index contributed by atoms with van der Waals surface area (Å²) < 4.78 is 5.95. The molecule has 1 unspecified atom stereocenters. The second-order valence-electron chi connectivity index (χ2n) is 8.32. The number of hydrogen-bond acceptors (Lipinski definition) is 6. The fourth-order valence-corrected chi connectivity index (χ4v) is 4.83. The van der Waals surface area contributed by atoms with Crippen molar-refractivity contribution in [3.63, 3.8) is 0 Å². The molecule has 0 radical (unpaired) electrons. The minimum Gasteiger partial charge on any atom is -0.397 e. The highest BCUT2D eigenvalue weighted by Gasteiger charge is 2.33. The Morgan fingerprint density at radius 2 is 2.19 bits per heavy atom. The van der Waals surface area contributed by atoms with Crippen molar-refractivity contribution in [1.29, 1.82) is 0 Å². The first-order valence-electron chi connectivity index (χ1n) is 8.99. The third-order valence-corrected chi connectivity index (χ3v) is 6.65. The number of nitrogen functional groups attached to an aromatic ring is 1. The highest BCUT2D eigenvalue weighted by atomic mass is 32.1. The molecule has 1 aliphatic carbocycles. The summed E-state index contributed by atoms with van der Waals surface area (Å²) in [5, 5.41) is 3.15. The predicted molar refractivity (Wildman–Crippen MR) is 103 cm³/mol. The maximum absolute atomic E-state index is 12.8. The standard InChI is InChI=1S/C19H22N4O3S/c1-19(2,3)10-5-6-12-9(7-10)8-11-13(20)16(27-17(11)21-12)15(24)14-18(25)26-22-23(14)4/h8,10H,5-7H2,1-4H3,(H2-,20,22,24,25)/p+1.